The average Bonchev–Trinajstić information content (AvgIpc) is 2.53. The summed E-state index contributed by atoms with van der Waals surface area (Å²) < 4.78 is 38.5. The van der Waals surface area contributed by atoms with Gasteiger partial charge in [-0.25, -0.2) is 17.5 Å². The molecule has 0 heterocycles. The summed E-state index contributed by atoms with van der Waals surface area (Å²) in [5.74, 6) is -0.727. The van der Waals surface area contributed by atoms with Gasteiger partial charge < -0.3 is 5.32 Å². The van der Waals surface area contributed by atoms with Crippen molar-refractivity contribution in [2.45, 2.75) is 19.0 Å². The normalized spacial score (nSPS) is 12.6. The van der Waals surface area contributed by atoms with E-state index in [1.54, 1.807) is 0 Å². The second-order valence-electron chi connectivity index (χ2n) is 5.46. The molecule has 1 amide bonds. The third-order valence-corrected chi connectivity index (χ3v) is 4.06. The summed E-state index contributed by atoms with van der Waals surface area (Å²) in [6.07, 6.45) is 0.941. The van der Waals surface area contributed by atoms with Gasteiger partial charge in [0.05, 0.1) is 12.3 Å². The van der Waals surface area contributed by atoms with E-state index in [4.69, 9.17) is 0 Å². The Morgan fingerprint density at radius 1 is 1.08 bits per heavy atom. The van der Waals surface area contributed by atoms with Crippen LogP contribution < -0.4 is 10.0 Å². The monoisotopic (exact) mass is 350 g/mol. The van der Waals surface area contributed by atoms with Gasteiger partial charge in [0.1, 0.15) is 5.82 Å². The van der Waals surface area contributed by atoms with Crippen LogP contribution in [-0.2, 0) is 21.4 Å². The van der Waals surface area contributed by atoms with Crippen LogP contribution in [0.25, 0.3) is 0 Å². The number of sulfonamides is 1. The zero-order chi connectivity index (χ0) is 17.6. The first-order chi connectivity index (χ1) is 11.3. The zero-order valence-electron chi connectivity index (χ0n) is 13.2. The van der Waals surface area contributed by atoms with Crippen molar-refractivity contribution < 1.29 is 17.6 Å². The summed E-state index contributed by atoms with van der Waals surface area (Å²) >= 11 is 0. The van der Waals surface area contributed by atoms with Crippen molar-refractivity contribution in [2.75, 3.05) is 6.26 Å². The fourth-order valence-electron chi connectivity index (χ4n) is 2.24. The van der Waals surface area contributed by atoms with E-state index >= 15 is 0 Å². The van der Waals surface area contributed by atoms with E-state index in [2.05, 4.69) is 10.0 Å². The molecular formula is C17H19FN2O3S. The molecule has 0 radical (unpaired) electrons. The summed E-state index contributed by atoms with van der Waals surface area (Å²) in [6.45, 7) is 0.356. The Kier molecular flexibility index (Phi) is 6.05. The van der Waals surface area contributed by atoms with E-state index in [-0.39, 0.29) is 12.3 Å². The SMILES string of the molecule is CS(=O)(=O)N[C@@H](CC(=O)NCc1ccccc1)c1ccc(F)cc1. The summed E-state index contributed by atoms with van der Waals surface area (Å²) in [5, 5.41) is 2.75. The Bertz CT molecular complexity index is 777. The van der Waals surface area contributed by atoms with Crippen molar-refractivity contribution >= 4 is 15.9 Å². The van der Waals surface area contributed by atoms with Crippen LogP contribution >= 0.6 is 0 Å². The molecule has 0 spiro atoms. The third-order valence-electron chi connectivity index (χ3n) is 3.35. The number of rotatable bonds is 7. The van der Waals surface area contributed by atoms with Gasteiger partial charge >= 0.3 is 0 Å². The number of carbonyl (C=O) groups excluding carboxylic acids is 1. The van der Waals surface area contributed by atoms with Crippen molar-refractivity contribution in [3.8, 4) is 0 Å². The summed E-state index contributed by atoms with van der Waals surface area (Å²) in [7, 11) is -3.52. The number of carbonyl (C=O) groups is 1. The second kappa shape index (κ2) is 8.03. The topological polar surface area (TPSA) is 75.3 Å². The Morgan fingerprint density at radius 2 is 1.71 bits per heavy atom. The van der Waals surface area contributed by atoms with E-state index in [1.807, 2.05) is 30.3 Å². The molecule has 0 aromatic heterocycles. The van der Waals surface area contributed by atoms with Crippen LogP contribution in [0.2, 0.25) is 0 Å². The van der Waals surface area contributed by atoms with E-state index in [0.717, 1.165) is 11.8 Å². The van der Waals surface area contributed by atoms with Crippen LogP contribution in [0.5, 0.6) is 0 Å². The molecule has 2 aromatic carbocycles. The van der Waals surface area contributed by atoms with Crippen molar-refractivity contribution in [3.05, 3.63) is 71.5 Å². The molecule has 0 saturated heterocycles. The van der Waals surface area contributed by atoms with Gasteiger partial charge in [0.15, 0.2) is 0 Å². The van der Waals surface area contributed by atoms with Gasteiger partial charge in [-0.1, -0.05) is 42.5 Å². The first-order valence-corrected chi connectivity index (χ1v) is 9.26. The summed E-state index contributed by atoms with van der Waals surface area (Å²) in [4.78, 5) is 12.1. The molecule has 0 saturated carbocycles. The van der Waals surface area contributed by atoms with Crippen molar-refractivity contribution in [3.63, 3.8) is 0 Å². The minimum Gasteiger partial charge on any atom is -0.352 e. The van der Waals surface area contributed by atoms with Crippen LogP contribution in [0.3, 0.4) is 0 Å². The lowest BCUT2D eigenvalue weighted by atomic mass is 10.0. The highest BCUT2D eigenvalue weighted by molar-refractivity contribution is 7.88. The van der Waals surface area contributed by atoms with Gasteiger partial charge in [-0.3, -0.25) is 4.79 Å². The average molecular weight is 350 g/mol. The van der Waals surface area contributed by atoms with E-state index in [1.165, 1.54) is 24.3 Å². The van der Waals surface area contributed by atoms with Gasteiger partial charge in [0.25, 0.3) is 0 Å². The number of benzene rings is 2. The first-order valence-electron chi connectivity index (χ1n) is 7.37. The van der Waals surface area contributed by atoms with Gasteiger partial charge in [-0.15, -0.1) is 0 Å². The number of halogens is 1. The maximum absolute atomic E-state index is 13.0. The number of hydrogen-bond donors (Lipinski definition) is 2. The van der Waals surface area contributed by atoms with Crippen LogP contribution in [0.1, 0.15) is 23.6 Å². The number of hydrogen-bond acceptors (Lipinski definition) is 3. The van der Waals surface area contributed by atoms with Crippen LogP contribution in [0.15, 0.2) is 54.6 Å². The molecule has 24 heavy (non-hydrogen) atoms. The Hall–Kier alpha value is -2.25. The van der Waals surface area contributed by atoms with E-state index in [9.17, 15) is 17.6 Å². The van der Waals surface area contributed by atoms with Crippen molar-refractivity contribution in [2.24, 2.45) is 0 Å². The molecule has 1 atom stereocenters. The van der Waals surface area contributed by atoms with E-state index < -0.39 is 21.9 Å². The van der Waals surface area contributed by atoms with Gasteiger partial charge in [0.2, 0.25) is 15.9 Å². The minimum absolute atomic E-state index is 0.0778. The van der Waals surface area contributed by atoms with Gasteiger partial charge in [-0.05, 0) is 23.3 Å². The maximum atomic E-state index is 13.0. The van der Waals surface area contributed by atoms with Gasteiger partial charge in [0, 0.05) is 13.0 Å². The molecule has 0 bridgehead atoms. The van der Waals surface area contributed by atoms with E-state index in [0.29, 0.717) is 12.1 Å². The molecule has 0 aliphatic carbocycles. The molecular weight excluding hydrogens is 331 g/mol. The molecule has 2 aromatic rings. The fraction of sp³-hybridized carbons (Fsp3) is 0.235. The smallest absolute Gasteiger partial charge is 0.222 e. The summed E-state index contributed by atoms with van der Waals surface area (Å²) in [5.41, 5.74) is 1.47. The van der Waals surface area contributed by atoms with Crippen LogP contribution in [0, 0.1) is 5.82 Å². The first kappa shape index (κ1) is 18.1. The Balaban J connectivity index is 2.04. The molecule has 2 rings (SSSR count). The molecule has 0 aliphatic heterocycles. The van der Waals surface area contributed by atoms with Gasteiger partial charge in [-0.2, -0.15) is 0 Å². The number of nitrogens with one attached hydrogen (secondary N) is 2. The Labute approximate surface area is 141 Å². The molecule has 0 aliphatic rings. The Morgan fingerprint density at radius 3 is 2.29 bits per heavy atom. The molecule has 7 heteroatoms. The highest BCUT2D eigenvalue weighted by Crippen LogP contribution is 2.18. The third kappa shape index (κ3) is 6.10. The highest BCUT2D eigenvalue weighted by Gasteiger charge is 2.19. The molecule has 2 N–H and O–H groups in total. The lowest BCUT2D eigenvalue weighted by Crippen LogP contribution is -2.33. The molecule has 128 valence electrons. The van der Waals surface area contributed by atoms with Crippen LogP contribution in [0.4, 0.5) is 4.39 Å². The summed E-state index contributed by atoms with van der Waals surface area (Å²) in [6, 6.07) is 14.0. The molecule has 0 unspecified atom stereocenters. The molecule has 5 nitrogen and oxygen atoms in total. The molecule has 0 fully saturated rings. The fourth-order valence-corrected chi connectivity index (χ4v) is 2.97. The zero-order valence-corrected chi connectivity index (χ0v) is 14.0. The largest absolute Gasteiger partial charge is 0.352 e. The predicted molar refractivity (Wildman–Crippen MR) is 90.0 cm³/mol. The minimum atomic E-state index is -3.52. The standard InChI is InChI=1S/C17H19FN2O3S/c1-24(22,23)20-16(14-7-9-15(18)10-8-14)11-17(21)19-12-13-5-3-2-4-6-13/h2-10,16,20H,11-12H2,1H3,(H,19,21)/t16-/m0/s1. The number of amides is 1. The van der Waals surface area contributed by atoms with Crippen molar-refractivity contribution in [1.29, 1.82) is 0 Å². The highest BCUT2D eigenvalue weighted by atomic mass is 32.2. The van der Waals surface area contributed by atoms with Crippen LogP contribution in [-0.4, -0.2) is 20.6 Å². The second-order valence-corrected chi connectivity index (χ2v) is 7.24. The lowest BCUT2D eigenvalue weighted by molar-refractivity contribution is -0.121. The predicted octanol–water partition coefficient (Wildman–Crippen LogP) is 2.12. The van der Waals surface area contributed by atoms with Crippen molar-refractivity contribution in [1.82, 2.24) is 10.0 Å². The maximum Gasteiger partial charge on any atom is 0.222 e. The quantitative estimate of drug-likeness (QED) is 0.803. The lowest BCUT2D eigenvalue weighted by Gasteiger charge is -2.18.